The van der Waals surface area contributed by atoms with E-state index >= 15 is 0 Å². The van der Waals surface area contributed by atoms with Gasteiger partial charge >= 0.3 is 0 Å². The number of carbonyl (C=O) groups is 1. The molecule has 1 aromatic heterocycles. The van der Waals surface area contributed by atoms with Crippen LogP contribution in [0, 0.1) is 0 Å². The molecular formula is C20H28N4O2S. The van der Waals surface area contributed by atoms with Crippen molar-refractivity contribution in [2.24, 2.45) is 0 Å². The summed E-state index contributed by atoms with van der Waals surface area (Å²) in [6, 6.07) is 7.86. The van der Waals surface area contributed by atoms with Crippen LogP contribution in [0.25, 0.3) is 10.6 Å². The average molecular weight is 389 g/mol. The van der Waals surface area contributed by atoms with Gasteiger partial charge in [0, 0.05) is 43.7 Å². The summed E-state index contributed by atoms with van der Waals surface area (Å²) in [5, 5.41) is 9.00. The smallest absolute Gasteiger partial charge is 0.270 e. The van der Waals surface area contributed by atoms with Crippen molar-refractivity contribution >= 4 is 17.2 Å². The molecule has 1 aliphatic rings. The fourth-order valence-corrected chi connectivity index (χ4v) is 3.76. The Morgan fingerprint density at radius 1 is 1.30 bits per heavy atom. The molecule has 1 aliphatic heterocycles. The van der Waals surface area contributed by atoms with E-state index in [4.69, 9.17) is 4.74 Å². The molecule has 2 N–H and O–H groups in total. The minimum absolute atomic E-state index is 0.0966. The Balaban J connectivity index is 1.45. The molecule has 1 amide bonds. The van der Waals surface area contributed by atoms with Crippen molar-refractivity contribution in [1.29, 1.82) is 0 Å². The van der Waals surface area contributed by atoms with E-state index in [2.05, 4.69) is 27.4 Å². The van der Waals surface area contributed by atoms with Crippen LogP contribution in [0.3, 0.4) is 0 Å². The highest BCUT2D eigenvalue weighted by Gasteiger charge is 2.12. The van der Waals surface area contributed by atoms with Gasteiger partial charge in [-0.3, -0.25) is 4.79 Å². The largest absolute Gasteiger partial charge is 0.494 e. The third-order valence-corrected chi connectivity index (χ3v) is 5.35. The van der Waals surface area contributed by atoms with E-state index in [9.17, 15) is 4.79 Å². The number of aromatic nitrogens is 1. The second-order valence-corrected chi connectivity index (χ2v) is 7.47. The molecule has 1 fully saturated rings. The van der Waals surface area contributed by atoms with Crippen LogP contribution in [-0.2, 0) is 0 Å². The Morgan fingerprint density at radius 3 is 2.81 bits per heavy atom. The monoisotopic (exact) mass is 388 g/mol. The van der Waals surface area contributed by atoms with Gasteiger partial charge in [-0.2, -0.15) is 0 Å². The lowest BCUT2D eigenvalue weighted by molar-refractivity contribution is 0.0947. The normalized spacial score (nSPS) is 14.9. The lowest BCUT2D eigenvalue weighted by Gasteiger charge is -2.26. The van der Waals surface area contributed by atoms with Crippen LogP contribution >= 0.6 is 11.3 Å². The predicted octanol–water partition coefficient (Wildman–Crippen LogP) is 2.62. The zero-order valence-electron chi connectivity index (χ0n) is 15.9. The number of hydrogen-bond acceptors (Lipinski definition) is 6. The van der Waals surface area contributed by atoms with Crippen LogP contribution in [0.15, 0.2) is 29.6 Å². The van der Waals surface area contributed by atoms with E-state index in [0.717, 1.165) is 68.5 Å². The second kappa shape index (κ2) is 10.4. The van der Waals surface area contributed by atoms with Crippen molar-refractivity contribution in [3.05, 3.63) is 35.3 Å². The molecule has 1 saturated heterocycles. The summed E-state index contributed by atoms with van der Waals surface area (Å²) in [5.74, 6) is 0.764. The highest BCUT2D eigenvalue weighted by molar-refractivity contribution is 7.13. The Labute approximate surface area is 164 Å². The molecule has 7 heteroatoms. The highest BCUT2D eigenvalue weighted by atomic mass is 32.1. The molecule has 0 spiro atoms. The van der Waals surface area contributed by atoms with Crippen molar-refractivity contribution in [2.45, 2.75) is 19.8 Å². The number of piperazine rings is 1. The van der Waals surface area contributed by atoms with Crippen LogP contribution in [0.1, 0.15) is 30.3 Å². The molecule has 0 aliphatic carbocycles. The molecule has 0 saturated carbocycles. The van der Waals surface area contributed by atoms with E-state index in [1.54, 1.807) is 0 Å². The van der Waals surface area contributed by atoms with Gasteiger partial charge in [0.05, 0.1) is 6.61 Å². The maximum atomic E-state index is 12.3. The molecule has 0 atom stereocenters. The number of nitrogens with zero attached hydrogens (tertiary/aromatic N) is 2. The SMILES string of the molecule is CCCOc1ccc(-c2nc(C(=O)NCCCN3CCNCC3)cs2)cc1. The van der Waals surface area contributed by atoms with Crippen LogP contribution in [0.4, 0.5) is 0 Å². The molecular weight excluding hydrogens is 360 g/mol. The lowest BCUT2D eigenvalue weighted by Crippen LogP contribution is -2.44. The molecule has 146 valence electrons. The van der Waals surface area contributed by atoms with Gasteiger partial charge in [0.1, 0.15) is 16.5 Å². The van der Waals surface area contributed by atoms with E-state index in [1.165, 1.54) is 11.3 Å². The van der Waals surface area contributed by atoms with Gasteiger partial charge in [-0.25, -0.2) is 4.98 Å². The number of thiazole rings is 1. The summed E-state index contributed by atoms with van der Waals surface area (Å²) in [6.45, 7) is 8.80. The molecule has 6 nitrogen and oxygen atoms in total. The maximum absolute atomic E-state index is 12.3. The number of ether oxygens (including phenoxy) is 1. The summed E-state index contributed by atoms with van der Waals surface area (Å²) in [4.78, 5) is 19.2. The Bertz CT molecular complexity index is 711. The molecule has 0 unspecified atom stereocenters. The van der Waals surface area contributed by atoms with Crippen molar-refractivity contribution < 1.29 is 9.53 Å². The molecule has 0 bridgehead atoms. The van der Waals surface area contributed by atoms with E-state index < -0.39 is 0 Å². The quantitative estimate of drug-likeness (QED) is 0.647. The first-order chi connectivity index (χ1) is 13.3. The van der Waals surface area contributed by atoms with Crippen LogP contribution < -0.4 is 15.4 Å². The Kier molecular flexibility index (Phi) is 7.62. The zero-order chi connectivity index (χ0) is 18.9. The summed E-state index contributed by atoms with van der Waals surface area (Å²) < 4.78 is 5.60. The van der Waals surface area contributed by atoms with E-state index in [1.807, 2.05) is 29.6 Å². The number of nitrogens with one attached hydrogen (secondary N) is 2. The Morgan fingerprint density at radius 2 is 2.07 bits per heavy atom. The second-order valence-electron chi connectivity index (χ2n) is 6.61. The minimum atomic E-state index is -0.0966. The molecule has 3 rings (SSSR count). The van der Waals surface area contributed by atoms with E-state index in [-0.39, 0.29) is 5.91 Å². The van der Waals surface area contributed by atoms with Gasteiger partial charge < -0.3 is 20.3 Å². The van der Waals surface area contributed by atoms with Crippen molar-refractivity contribution in [3.63, 3.8) is 0 Å². The number of carbonyl (C=O) groups excluding carboxylic acids is 1. The predicted molar refractivity (Wildman–Crippen MR) is 110 cm³/mol. The van der Waals surface area contributed by atoms with Gasteiger partial charge in [-0.1, -0.05) is 6.92 Å². The van der Waals surface area contributed by atoms with Crippen LogP contribution in [0.5, 0.6) is 5.75 Å². The van der Waals surface area contributed by atoms with Crippen molar-refractivity contribution in [3.8, 4) is 16.3 Å². The molecule has 1 aromatic carbocycles. The Hall–Kier alpha value is -1.96. The maximum Gasteiger partial charge on any atom is 0.270 e. The lowest BCUT2D eigenvalue weighted by atomic mass is 10.2. The third-order valence-electron chi connectivity index (χ3n) is 4.46. The topological polar surface area (TPSA) is 66.5 Å². The number of hydrogen-bond donors (Lipinski definition) is 2. The molecule has 2 heterocycles. The van der Waals surface area contributed by atoms with Gasteiger partial charge in [-0.15, -0.1) is 11.3 Å². The summed E-state index contributed by atoms with van der Waals surface area (Å²) in [7, 11) is 0. The fourth-order valence-electron chi connectivity index (χ4n) is 2.95. The molecule has 0 radical (unpaired) electrons. The van der Waals surface area contributed by atoms with E-state index in [0.29, 0.717) is 12.2 Å². The molecule has 27 heavy (non-hydrogen) atoms. The number of amides is 1. The van der Waals surface area contributed by atoms with Gasteiger partial charge in [0.15, 0.2) is 0 Å². The zero-order valence-corrected chi connectivity index (χ0v) is 16.7. The fraction of sp³-hybridized carbons (Fsp3) is 0.500. The van der Waals surface area contributed by atoms with Crippen LogP contribution in [0.2, 0.25) is 0 Å². The number of rotatable bonds is 9. The summed E-state index contributed by atoms with van der Waals surface area (Å²) in [6.07, 6.45) is 1.95. The number of benzene rings is 1. The standard InChI is InChI=1S/C20H28N4O2S/c1-2-14-26-17-6-4-16(5-7-17)20-23-18(15-27-20)19(25)22-8-3-11-24-12-9-21-10-13-24/h4-7,15,21H,2-3,8-14H2,1H3,(H,22,25). The van der Waals surface area contributed by atoms with Crippen molar-refractivity contribution in [2.75, 3.05) is 45.9 Å². The first-order valence-corrected chi connectivity index (χ1v) is 10.5. The highest BCUT2D eigenvalue weighted by Crippen LogP contribution is 2.25. The van der Waals surface area contributed by atoms with Gasteiger partial charge in [0.25, 0.3) is 5.91 Å². The first kappa shape index (κ1) is 19.8. The molecule has 2 aromatic rings. The third kappa shape index (κ3) is 6.02. The first-order valence-electron chi connectivity index (χ1n) is 9.66. The summed E-state index contributed by atoms with van der Waals surface area (Å²) in [5.41, 5.74) is 1.49. The van der Waals surface area contributed by atoms with Gasteiger partial charge in [0.2, 0.25) is 0 Å². The summed E-state index contributed by atoms with van der Waals surface area (Å²) >= 11 is 1.49. The van der Waals surface area contributed by atoms with Crippen LogP contribution in [-0.4, -0.2) is 61.7 Å². The minimum Gasteiger partial charge on any atom is -0.494 e. The van der Waals surface area contributed by atoms with Crippen molar-refractivity contribution in [1.82, 2.24) is 20.5 Å². The average Bonchev–Trinajstić information content (AvgIpc) is 3.21. The van der Waals surface area contributed by atoms with Gasteiger partial charge in [-0.05, 0) is 43.7 Å².